The Hall–Kier alpha value is -2.74. The van der Waals surface area contributed by atoms with Crippen LogP contribution < -0.4 is 14.8 Å². The molecule has 28 heavy (non-hydrogen) atoms. The van der Waals surface area contributed by atoms with Crippen LogP contribution in [0.3, 0.4) is 0 Å². The standard InChI is InChI=1S/C20H23F3N2O3/c1-25(12-15-5-8-18(27-2)17(21)11-15)13-19(26)24-10-9-14-3-6-16(7-4-14)28-20(22)23/h3-8,11,20H,9-10,12-13H2,1-2H3,(H,24,26). The highest BCUT2D eigenvalue weighted by Crippen LogP contribution is 2.18. The molecule has 0 saturated heterocycles. The van der Waals surface area contributed by atoms with Crippen molar-refractivity contribution in [3.05, 3.63) is 59.4 Å². The molecule has 0 aromatic heterocycles. The van der Waals surface area contributed by atoms with Crippen LogP contribution in [-0.2, 0) is 17.8 Å². The van der Waals surface area contributed by atoms with Crippen LogP contribution in [0.2, 0.25) is 0 Å². The first kappa shape index (κ1) is 21.6. The van der Waals surface area contributed by atoms with Gasteiger partial charge in [-0.2, -0.15) is 8.78 Å². The molecule has 0 unspecified atom stereocenters. The molecule has 2 aromatic carbocycles. The summed E-state index contributed by atoms with van der Waals surface area (Å²) in [6.45, 7) is -1.86. The number of ether oxygens (including phenoxy) is 2. The van der Waals surface area contributed by atoms with E-state index in [2.05, 4.69) is 10.1 Å². The maximum absolute atomic E-state index is 13.7. The van der Waals surface area contributed by atoms with E-state index in [1.165, 1.54) is 25.3 Å². The largest absolute Gasteiger partial charge is 0.494 e. The summed E-state index contributed by atoms with van der Waals surface area (Å²) in [6, 6.07) is 11.0. The highest BCUT2D eigenvalue weighted by atomic mass is 19.3. The summed E-state index contributed by atoms with van der Waals surface area (Å²) in [6.07, 6.45) is 0.564. The van der Waals surface area contributed by atoms with E-state index < -0.39 is 12.4 Å². The number of benzene rings is 2. The van der Waals surface area contributed by atoms with Crippen LogP contribution in [0.5, 0.6) is 11.5 Å². The van der Waals surface area contributed by atoms with Crippen molar-refractivity contribution in [2.45, 2.75) is 19.6 Å². The Labute approximate surface area is 162 Å². The number of alkyl halides is 2. The van der Waals surface area contributed by atoms with E-state index >= 15 is 0 Å². The van der Waals surface area contributed by atoms with Crippen LogP contribution in [0.1, 0.15) is 11.1 Å². The van der Waals surface area contributed by atoms with Gasteiger partial charge in [-0.3, -0.25) is 9.69 Å². The minimum Gasteiger partial charge on any atom is -0.494 e. The molecular formula is C20H23F3N2O3. The average molecular weight is 396 g/mol. The molecule has 0 spiro atoms. The van der Waals surface area contributed by atoms with Crippen LogP contribution in [0.25, 0.3) is 0 Å². The predicted molar refractivity (Wildman–Crippen MR) is 99.1 cm³/mol. The first-order valence-electron chi connectivity index (χ1n) is 8.69. The van der Waals surface area contributed by atoms with Crippen molar-refractivity contribution in [3.8, 4) is 11.5 Å². The number of methoxy groups -OCH3 is 1. The number of nitrogens with zero attached hydrogens (tertiary/aromatic N) is 1. The monoisotopic (exact) mass is 396 g/mol. The molecule has 152 valence electrons. The van der Waals surface area contributed by atoms with Gasteiger partial charge in [0, 0.05) is 13.1 Å². The van der Waals surface area contributed by atoms with E-state index in [4.69, 9.17) is 4.74 Å². The fourth-order valence-corrected chi connectivity index (χ4v) is 2.66. The van der Waals surface area contributed by atoms with Crippen molar-refractivity contribution >= 4 is 5.91 Å². The van der Waals surface area contributed by atoms with Gasteiger partial charge in [0.15, 0.2) is 11.6 Å². The first-order valence-corrected chi connectivity index (χ1v) is 8.69. The lowest BCUT2D eigenvalue weighted by atomic mass is 10.1. The maximum atomic E-state index is 13.7. The van der Waals surface area contributed by atoms with Gasteiger partial charge in [-0.25, -0.2) is 4.39 Å². The number of rotatable bonds is 10. The predicted octanol–water partition coefficient (Wildman–Crippen LogP) is 3.23. The zero-order valence-corrected chi connectivity index (χ0v) is 15.8. The Morgan fingerprint density at radius 2 is 1.82 bits per heavy atom. The number of nitrogens with one attached hydrogen (secondary N) is 1. The summed E-state index contributed by atoms with van der Waals surface area (Å²) in [5.74, 6) is -0.325. The number of hydrogen-bond donors (Lipinski definition) is 1. The van der Waals surface area contributed by atoms with Gasteiger partial charge in [-0.05, 0) is 48.9 Å². The normalized spacial score (nSPS) is 11.0. The van der Waals surface area contributed by atoms with Crippen LogP contribution in [0, 0.1) is 5.82 Å². The molecule has 2 aromatic rings. The highest BCUT2D eigenvalue weighted by Gasteiger charge is 2.09. The van der Waals surface area contributed by atoms with Gasteiger partial charge in [0.2, 0.25) is 5.91 Å². The van der Waals surface area contributed by atoms with Gasteiger partial charge in [0.05, 0.1) is 13.7 Å². The van der Waals surface area contributed by atoms with Gasteiger partial charge in [0.25, 0.3) is 0 Å². The van der Waals surface area contributed by atoms with E-state index in [1.807, 2.05) is 0 Å². The fourth-order valence-electron chi connectivity index (χ4n) is 2.66. The minimum atomic E-state index is -2.85. The van der Waals surface area contributed by atoms with Crippen LogP contribution >= 0.6 is 0 Å². The molecule has 0 atom stereocenters. The SMILES string of the molecule is COc1ccc(CN(C)CC(=O)NCCc2ccc(OC(F)F)cc2)cc1F. The van der Waals surface area contributed by atoms with E-state index in [1.54, 1.807) is 36.2 Å². The van der Waals surface area contributed by atoms with E-state index in [0.29, 0.717) is 19.5 Å². The summed E-state index contributed by atoms with van der Waals surface area (Å²) in [4.78, 5) is 13.8. The Morgan fingerprint density at radius 3 is 2.43 bits per heavy atom. The van der Waals surface area contributed by atoms with Crippen LogP contribution in [0.15, 0.2) is 42.5 Å². The third-order valence-corrected chi connectivity index (χ3v) is 3.97. The second-order valence-corrected chi connectivity index (χ2v) is 6.26. The zero-order chi connectivity index (χ0) is 20.5. The minimum absolute atomic E-state index is 0.0966. The van der Waals surface area contributed by atoms with Crippen molar-refractivity contribution in [1.29, 1.82) is 0 Å². The maximum Gasteiger partial charge on any atom is 0.387 e. The number of hydrogen-bond acceptors (Lipinski definition) is 4. The zero-order valence-electron chi connectivity index (χ0n) is 15.8. The molecule has 0 saturated carbocycles. The van der Waals surface area contributed by atoms with E-state index in [0.717, 1.165) is 11.1 Å². The number of carbonyl (C=O) groups is 1. The highest BCUT2D eigenvalue weighted by molar-refractivity contribution is 5.77. The average Bonchev–Trinajstić information content (AvgIpc) is 2.62. The molecule has 0 heterocycles. The van der Waals surface area contributed by atoms with Gasteiger partial charge < -0.3 is 14.8 Å². The van der Waals surface area contributed by atoms with Crippen molar-refractivity contribution in [2.75, 3.05) is 27.2 Å². The van der Waals surface area contributed by atoms with Crippen molar-refractivity contribution in [2.24, 2.45) is 0 Å². The second-order valence-electron chi connectivity index (χ2n) is 6.26. The molecule has 5 nitrogen and oxygen atoms in total. The first-order chi connectivity index (χ1) is 13.4. The van der Waals surface area contributed by atoms with Gasteiger partial charge >= 0.3 is 6.61 Å². The summed E-state index contributed by atoms with van der Waals surface area (Å²) in [7, 11) is 3.17. The number of carbonyl (C=O) groups excluding carboxylic acids is 1. The fraction of sp³-hybridized carbons (Fsp3) is 0.350. The van der Waals surface area contributed by atoms with Gasteiger partial charge in [-0.15, -0.1) is 0 Å². The lowest BCUT2D eigenvalue weighted by molar-refractivity contribution is -0.122. The third-order valence-electron chi connectivity index (χ3n) is 3.97. The molecular weight excluding hydrogens is 373 g/mol. The Kier molecular flexibility index (Phi) is 8.13. The molecule has 0 fully saturated rings. The molecule has 0 radical (unpaired) electrons. The summed E-state index contributed by atoms with van der Waals surface area (Å²) in [5, 5.41) is 2.80. The molecule has 0 aliphatic rings. The molecule has 0 bridgehead atoms. The van der Waals surface area contributed by atoms with Crippen LogP contribution in [0.4, 0.5) is 13.2 Å². The summed E-state index contributed by atoms with van der Waals surface area (Å²) in [5.41, 5.74) is 1.63. The molecule has 2 rings (SSSR count). The molecule has 8 heteroatoms. The van der Waals surface area contributed by atoms with Gasteiger partial charge in [-0.1, -0.05) is 18.2 Å². The Balaban J connectivity index is 1.72. The van der Waals surface area contributed by atoms with Crippen molar-refractivity contribution < 1.29 is 27.4 Å². The van der Waals surface area contributed by atoms with E-state index in [9.17, 15) is 18.0 Å². The Morgan fingerprint density at radius 1 is 1.14 bits per heavy atom. The smallest absolute Gasteiger partial charge is 0.387 e. The van der Waals surface area contributed by atoms with Crippen molar-refractivity contribution in [1.82, 2.24) is 10.2 Å². The Bertz CT molecular complexity index is 770. The number of likely N-dealkylation sites (N-methyl/N-ethyl adjacent to an activating group) is 1. The lowest BCUT2D eigenvalue weighted by Crippen LogP contribution is -2.35. The van der Waals surface area contributed by atoms with E-state index in [-0.39, 0.29) is 24.0 Å². The summed E-state index contributed by atoms with van der Waals surface area (Å²) < 4.78 is 47.1. The molecule has 1 amide bonds. The second kappa shape index (κ2) is 10.6. The molecule has 0 aliphatic carbocycles. The topological polar surface area (TPSA) is 50.8 Å². The number of halogens is 3. The number of amides is 1. The lowest BCUT2D eigenvalue weighted by Gasteiger charge is -2.17. The summed E-state index contributed by atoms with van der Waals surface area (Å²) >= 11 is 0. The van der Waals surface area contributed by atoms with Gasteiger partial charge in [0.1, 0.15) is 5.75 Å². The molecule has 0 aliphatic heterocycles. The molecule has 1 N–H and O–H groups in total. The van der Waals surface area contributed by atoms with Crippen molar-refractivity contribution in [3.63, 3.8) is 0 Å². The quantitative estimate of drug-likeness (QED) is 0.670. The van der Waals surface area contributed by atoms with Crippen LogP contribution in [-0.4, -0.2) is 44.7 Å². The third kappa shape index (κ3) is 7.11.